The van der Waals surface area contributed by atoms with E-state index < -0.39 is 0 Å². The molecule has 1 fully saturated rings. The summed E-state index contributed by atoms with van der Waals surface area (Å²) in [6.45, 7) is 11.9. The maximum atomic E-state index is 11.8. The molecule has 1 heterocycles. The van der Waals surface area contributed by atoms with Gasteiger partial charge in [-0.1, -0.05) is 20.8 Å². The molecule has 18 heavy (non-hydrogen) atoms. The summed E-state index contributed by atoms with van der Waals surface area (Å²) < 4.78 is 0. The zero-order valence-corrected chi connectivity index (χ0v) is 12.5. The number of hydrogen-bond donors (Lipinski definition) is 1. The predicted octanol–water partition coefficient (Wildman–Crippen LogP) is 2.66. The van der Waals surface area contributed by atoms with E-state index in [4.69, 9.17) is 0 Å². The smallest absolute Gasteiger partial charge is 0.222 e. The number of amides is 1. The molecule has 0 saturated carbocycles. The summed E-state index contributed by atoms with van der Waals surface area (Å²) in [5.41, 5.74) is 0. The molecule has 0 aromatic rings. The number of likely N-dealkylation sites (tertiary alicyclic amines) is 1. The van der Waals surface area contributed by atoms with Crippen molar-refractivity contribution in [3.8, 4) is 0 Å². The van der Waals surface area contributed by atoms with Gasteiger partial charge in [-0.2, -0.15) is 0 Å². The highest BCUT2D eigenvalue weighted by Crippen LogP contribution is 2.24. The minimum Gasteiger partial charge on any atom is -0.342 e. The van der Waals surface area contributed by atoms with Gasteiger partial charge in [-0.3, -0.25) is 4.79 Å². The largest absolute Gasteiger partial charge is 0.342 e. The molecule has 0 aromatic heterocycles. The molecule has 2 unspecified atom stereocenters. The van der Waals surface area contributed by atoms with Crippen LogP contribution in [0.4, 0.5) is 0 Å². The van der Waals surface area contributed by atoms with Gasteiger partial charge in [0.2, 0.25) is 5.91 Å². The van der Waals surface area contributed by atoms with Gasteiger partial charge < -0.3 is 10.2 Å². The fraction of sp³-hybridized carbons (Fsp3) is 0.933. The Balaban J connectivity index is 2.18. The average molecular weight is 254 g/mol. The summed E-state index contributed by atoms with van der Waals surface area (Å²) in [5, 5.41) is 3.49. The SMILES string of the molecule is CCCNC(C)CCCN1CC(C(C)C)CC1=O. The van der Waals surface area contributed by atoms with Crippen LogP contribution in [-0.2, 0) is 4.79 Å². The first kappa shape index (κ1) is 15.5. The Morgan fingerprint density at radius 1 is 1.39 bits per heavy atom. The zero-order chi connectivity index (χ0) is 13.5. The van der Waals surface area contributed by atoms with Crippen LogP contribution in [0.1, 0.15) is 53.4 Å². The molecule has 1 aliphatic rings. The lowest BCUT2D eigenvalue weighted by Gasteiger charge is -2.19. The third-order valence-electron chi connectivity index (χ3n) is 4.00. The minimum atomic E-state index is 0.364. The molecule has 106 valence electrons. The first-order chi connectivity index (χ1) is 8.54. The van der Waals surface area contributed by atoms with E-state index >= 15 is 0 Å². The van der Waals surface area contributed by atoms with Crippen molar-refractivity contribution in [2.24, 2.45) is 11.8 Å². The van der Waals surface area contributed by atoms with E-state index in [0.717, 1.165) is 38.9 Å². The molecule has 0 radical (unpaired) electrons. The van der Waals surface area contributed by atoms with E-state index in [1.165, 1.54) is 6.42 Å². The van der Waals surface area contributed by atoms with E-state index in [2.05, 4.69) is 37.9 Å². The van der Waals surface area contributed by atoms with Gasteiger partial charge in [0.1, 0.15) is 0 Å². The molecule has 3 nitrogen and oxygen atoms in total. The normalized spacial score (nSPS) is 21.9. The number of carbonyl (C=O) groups excluding carboxylic acids is 1. The zero-order valence-electron chi connectivity index (χ0n) is 12.5. The van der Waals surface area contributed by atoms with Gasteiger partial charge in [0.25, 0.3) is 0 Å². The van der Waals surface area contributed by atoms with Crippen LogP contribution in [0.3, 0.4) is 0 Å². The minimum absolute atomic E-state index is 0.364. The average Bonchev–Trinajstić information content (AvgIpc) is 2.69. The van der Waals surface area contributed by atoms with Gasteiger partial charge in [0.05, 0.1) is 0 Å². The van der Waals surface area contributed by atoms with Gasteiger partial charge >= 0.3 is 0 Å². The Bertz CT molecular complexity index is 253. The van der Waals surface area contributed by atoms with E-state index in [9.17, 15) is 4.79 Å². The number of rotatable bonds is 8. The van der Waals surface area contributed by atoms with Gasteiger partial charge in [-0.05, 0) is 44.6 Å². The quantitative estimate of drug-likeness (QED) is 0.722. The summed E-state index contributed by atoms with van der Waals surface area (Å²) in [6, 6.07) is 0.573. The first-order valence-corrected chi connectivity index (χ1v) is 7.55. The van der Waals surface area contributed by atoms with E-state index in [0.29, 0.717) is 23.8 Å². The first-order valence-electron chi connectivity index (χ1n) is 7.55. The molecule has 1 rings (SSSR count). The molecular weight excluding hydrogens is 224 g/mol. The second-order valence-electron chi connectivity index (χ2n) is 6.05. The third-order valence-corrected chi connectivity index (χ3v) is 4.00. The molecule has 3 heteroatoms. The van der Waals surface area contributed by atoms with Crippen molar-refractivity contribution in [3.63, 3.8) is 0 Å². The Hall–Kier alpha value is -0.570. The summed E-state index contributed by atoms with van der Waals surface area (Å²) in [6.07, 6.45) is 4.23. The Morgan fingerprint density at radius 2 is 2.11 bits per heavy atom. The lowest BCUT2D eigenvalue weighted by molar-refractivity contribution is -0.127. The van der Waals surface area contributed by atoms with E-state index in [-0.39, 0.29) is 0 Å². The van der Waals surface area contributed by atoms with Crippen LogP contribution in [0, 0.1) is 11.8 Å². The highest BCUT2D eigenvalue weighted by atomic mass is 16.2. The van der Waals surface area contributed by atoms with Gasteiger partial charge in [0.15, 0.2) is 0 Å². The Kier molecular flexibility index (Phi) is 6.69. The molecule has 1 aliphatic heterocycles. The van der Waals surface area contributed by atoms with Gasteiger partial charge in [0, 0.05) is 25.6 Å². The summed E-state index contributed by atoms with van der Waals surface area (Å²) in [4.78, 5) is 13.9. The lowest BCUT2D eigenvalue weighted by Crippen LogP contribution is -2.30. The summed E-state index contributed by atoms with van der Waals surface area (Å²) in [5.74, 6) is 1.57. The van der Waals surface area contributed by atoms with Crippen LogP contribution in [0.5, 0.6) is 0 Å². The fourth-order valence-corrected chi connectivity index (χ4v) is 2.55. The summed E-state index contributed by atoms with van der Waals surface area (Å²) in [7, 11) is 0. The van der Waals surface area contributed by atoms with Gasteiger partial charge in [-0.25, -0.2) is 0 Å². The lowest BCUT2D eigenvalue weighted by atomic mass is 9.95. The second-order valence-corrected chi connectivity index (χ2v) is 6.05. The molecule has 2 atom stereocenters. The number of nitrogens with one attached hydrogen (secondary N) is 1. The van der Waals surface area contributed by atoms with Crippen LogP contribution < -0.4 is 5.32 Å². The van der Waals surface area contributed by atoms with Crippen molar-refractivity contribution in [2.45, 2.75) is 59.4 Å². The van der Waals surface area contributed by atoms with Crippen molar-refractivity contribution in [1.29, 1.82) is 0 Å². The predicted molar refractivity (Wildman–Crippen MR) is 76.5 cm³/mol. The summed E-state index contributed by atoms with van der Waals surface area (Å²) >= 11 is 0. The van der Waals surface area contributed by atoms with E-state index in [1.54, 1.807) is 0 Å². The molecule has 0 aromatic carbocycles. The molecule has 1 amide bonds. The van der Waals surface area contributed by atoms with Crippen molar-refractivity contribution >= 4 is 5.91 Å². The van der Waals surface area contributed by atoms with Gasteiger partial charge in [-0.15, -0.1) is 0 Å². The molecule has 1 N–H and O–H groups in total. The third kappa shape index (κ3) is 4.97. The molecule has 0 aliphatic carbocycles. The molecule has 0 bridgehead atoms. The molecule has 1 saturated heterocycles. The number of hydrogen-bond acceptors (Lipinski definition) is 2. The maximum absolute atomic E-state index is 11.8. The molecular formula is C15H30N2O. The van der Waals surface area contributed by atoms with Crippen LogP contribution in [-0.4, -0.2) is 36.5 Å². The standard InChI is InChI=1S/C15H30N2O/c1-5-8-16-13(4)7-6-9-17-11-14(12(2)3)10-15(17)18/h12-14,16H,5-11H2,1-4H3. The van der Waals surface area contributed by atoms with Crippen LogP contribution >= 0.6 is 0 Å². The second kappa shape index (κ2) is 7.78. The number of nitrogens with zero attached hydrogens (tertiary/aromatic N) is 1. The monoisotopic (exact) mass is 254 g/mol. The number of carbonyl (C=O) groups is 1. The van der Waals surface area contributed by atoms with E-state index in [1.807, 2.05) is 0 Å². The highest BCUT2D eigenvalue weighted by molar-refractivity contribution is 5.78. The fourth-order valence-electron chi connectivity index (χ4n) is 2.55. The Morgan fingerprint density at radius 3 is 2.67 bits per heavy atom. The van der Waals surface area contributed by atoms with Crippen molar-refractivity contribution in [2.75, 3.05) is 19.6 Å². The van der Waals surface area contributed by atoms with Crippen LogP contribution in [0.15, 0.2) is 0 Å². The van der Waals surface area contributed by atoms with Crippen LogP contribution in [0.2, 0.25) is 0 Å². The van der Waals surface area contributed by atoms with Crippen molar-refractivity contribution < 1.29 is 4.79 Å². The highest BCUT2D eigenvalue weighted by Gasteiger charge is 2.30. The van der Waals surface area contributed by atoms with Crippen molar-refractivity contribution in [3.05, 3.63) is 0 Å². The van der Waals surface area contributed by atoms with Crippen LogP contribution in [0.25, 0.3) is 0 Å². The topological polar surface area (TPSA) is 32.3 Å². The Labute approximate surface area is 112 Å². The molecule has 0 spiro atoms. The van der Waals surface area contributed by atoms with Crippen molar-refractivity contribution in [1.82, 2.24) is 10.2 Å². The maximum Gasteiger partial charge on any atom is 0.222 e.